The van der Waals surface area contributed by atoms with E-state index < -0.39 is 5.79 Å². The molecule has 6 nitrogen and oxygen atoms in total. The molecule has 0 spiro atoms. The van der Waals surface area contributed by atoms with Gasteiger partial charge in [-0.25, -0.2) is 0 Å². The third-order valence-electron chi connectivity index (χ3n) is 3.49. The first kappa shape index (κ1) is 15.5. The van der Waals surface area contributed by atoms with Gasteiger partial charge in [0.1, 0.15) is 0 Å². The van der Waals surface area contributed by atoms with Crippen molar-refractivity contribution < 1.29 is 9.47 Å². The fraction of sp³-hybridized carbons (Fsp3) is 0.533. The number of rotatable bonds is 5. The average molecular weight is 320 g/mol. The van der Waals surface area contributed by atoms with Crippen molar-refractivity contribution in [1.82, 2.24) is 19.7 Å². The molecule has 1 atom stereocenters. The zero-order valence-electron chi connectivity index (χ0n) is 13.0. The van der Waals surface area contributed by atoms with Gasteiger partial charge in [-0.05, 0) is 32.4 Å². The molecular weight excluding hydrogens is 300 g/mol. The molecule has 1 aliphatic rings. The van der Waals surface area contributed by atoms with Crippen molar-refractivity contribution in [2.75, 3.05) is 12.4 Å². The van der Waals surface area contributed by atoms with Gasteiger partial charge in [-0.15, -0.1) is 10.2 Å². The van der Waals surface area contributed by atoms with Crippen molar-refractivity contribution >= 4 is 11.8 Å². The zero-order chi connectivity index (χ0) is 15.6. The number of thioether (sulfide) groups is 1. The zero-order valence-corrected chi connectivity index (χ0v) is 13.8. The minimum Gasteiger partial charge on any atom is -0.348 e. The summed E-state index contributed by atoms with van der Waals surface area (Å²) >= 11 is 1.68. The van der Waals surface area contributed by atoms with Crippen LogP contribution in [0.25, 0.3) is 11.4 Å². The van der Waals surface area contributed by atoms with Crippen molar-refractivity contribution in [3.05, 3.63) is 24.5 Å². The molecule has 2 aromatic rings. The van der Waals surface area contributed by atoms with Crippen LogP contribution in [0, 0.1) is 0 Å². The van der Waals surface area contributed by atoms with Crippen molar-refractivity contribution in [2.24, 2.45) is 7.05 Å². The maximum absolute atomic E-state index is 5.80. The Bertz CT molecular complexity index is 630. The molecule has 22 heavy (non-hydrogen) atoms. The van der Waals surface area contributed by atoms with Gasteiger partial charge in [0.2, 0.25) is 0 Å². The van der Waals surface area contributed by atoms with E-state index in [-0.39, 0.29) is 6.10 Å². The van der Waals surface area contributed by atoms with E-state index in [1.165, 1.54) is 0 Å². The lowest BCUT2D eigenvalue weighted by molar-refractivity contribution is -0.138. The van der Waals surface area contributed by atoms with E-state index in [0.29, 0.717) is 6.61 Å². The second kappa shape index (κ2) is 6.36. The topological polar surface area (TPSA) is 62.1 Å². The minimum absolute atomic E-state index is 0.161. The van der Waals surface area contributed by atoms with Gasteiger partial charge in [0, 0.05) is 30.8 Å². The summed E-state index contributed by atoms with van der Waals surface area (Å²) in [6.07, 6.45) is 4.64. The van der Waals surface area contributed by atoms with Gasteiger partial charge >= 0.3 is 0 Å². The van der Waals surface area contributed by atoms with E-state index in [4.69, 9.17) is 9.47 Å². The molecule has 0 bridgehead atoms. The first-order valence-corrected chi connectivity index (χ1v) is 8.28. The maximum Gasteiger partial charge on any atom is 0.191 e. The van der Waals surface area contributed by atoms with Crippen LogP contribution in [0.5, 0.6) is 0 Å². The highest BCUT2D eigenvalue weighted by Crippen LogP contribution is 2.27. The third-order valence-corrected chi connectivity index (χ3v) is 4.55. The summed E-state index contributed by atoms with van der Waals surface area (Å²) in [5, 5.41) is 9.42. The normalized spacial score (nSPS) is 20.4. The second-order valence-electron chi connectivity index (χ2n) is 5.69. The summed E-state index contributed by atoms with van der Waals surface area (Å²) in [4.78, 5) is 4.12. The predicted octanol–water partition coefficient (Wildman–Crippen LogP) is 2.51. The van der Waals surface area contributed by atoms with Crippen LogP contribution in [0.2, 0.25) is 0 Å². The minimum atomic E-state index is -0.451. The van der Waals surface area contributed by atoms with Gasteiger partial charge in [-0.1, -0.05) is 11.8 Å². The van der Waals surface area contributed by atoms with Gasteiger partial charge in [0.15, 0.2) is 16.8 Å². The molecule has 0 N–H and O–H groups in total. The Hall–Kier alpha value is -1.44. The molecular formula is C15H20N4O2S. The van der Waals surface area contributed by atoms with Crippen LogP contribution < -0.4 is 0 Å². The van der Waals surface area contributed by atoms with E-state index >= 15 is 0 Å². The largest absolute Gasteiger partial charge is 0.348 e. The molecule has 1 aliphatic heterocycles. The fourth-order valence-electron chi connectivity index (χ4n) is 2.37. The van der Waals surface area contributed by atoms with E-state index in [0.717, 1.165) is 28.7 Å². The Morgan fingerprint density at radius 3 is 2.95 bits per heavy atom. The number of nitrogens with zero attached hydrogens (tertiary/aromatic N) is 4. The molecule has 0 amide bonds. The van der Waals surface area contributed by atoms with E-state index in [1.54, 1.807) is 24.2 Å². The lowest BCUT2D eigenvalue weighted by atomic mass is 10.3. The van der Waals surface area contributed by atoms with Crippen molar-refractivity contribution in [2.45, 2.75) is 37.3 Å². The summed E-state index contributed by atoms with van der Waals surface area (Å²) < 4.78 is 13.4. The first-order chi connectivity index (χ1) is 10.6. The number of hydrogen-bond acceptors (Lipinski definition) is 6. The van der Waals surface area contributed by atoms with Gasteiger partial charge in [0.25, 0.3) is 0 Å². The quantitative estimate of drug-likeness (QED) is 0.789. The Kier molecular flexibility index (Phi) is 4.46. The van der Waals surface area contributed by atoms with Crippen LogP contribution >= 0.6 is 11.8 Å². The molecule has 0 radical (unpaired) electrons. The monoisotopic (exact) mass is 320 g/mol. The van der Waals surface area contributed by atoms with Gasteiger partial charge < -0.3 is 14.0 Å². The molecule has 2 aromatic heterocycles. The van der Waals surface area contributed by atoms with Gasteiger partial charge in [-0.2, -0.15) is 0 Å². The molecule has 1 unspecified atom stereocenters. The SMILES string of the molecule is Cn1c(SCCC2COC(C)(C)O2)nnc1-c1cccnc1. The molecule has 7 heteroatoms. The van der Waals surface area contributed by atoms with Crippen LogP contribution in [0.15, 0.2) is 29.7 Å². The number of aromatic nitrogens is 4. The van der Waals surface area contributed by atoms with Crippen molar-refractivity contribution in [3.8, 4) is 11.4 Å². The van der Waals surface area contributed by atoms with Crippen molar-refractivity contribution in [3.63, 3.8) is 0 Å². The first-order valence-electron chi connectivity index (χ1n) is 7.29. The molecule has 0 saturated carbocycles. The number of pyridine rings is 1. The van der Waals surface area contributed by atoms with Gasteiger partial charge in [-0.3, -0.25) is 4.98 Å². The highest BCUT2D eigenvalue weighted by atomic mass is 32.2. The van der Waals surface area contributed by atoms with Gasteiger partial charge in [0.05, 0.1) is 12.7 Å². The summed E-state index contributed by atoms with van der Waals surface area (Å²) in [6, 6.07) is 3.88. The number of hydrogen-bond donors (Lipinski definition) is 0. The Morgan fingerprint density at radius 2 is 2.27 bits per heavy atom. The summed E-state index contributed by atoms with van der Waals surface area (Å²) in [5.74, 6) is 1.30. The smallest absolute Gasteiger partial charge is 0.191 e. The van der Waals surface area contributed by atoms with Crippen LogP contribution in [-0.2, 0) is 16.5 Å². The lowest BCUT2D eigenvalue weighted by Crippen LogP contribution is -2.21. The molecule has 1 saturated heterocycles. The van der Waals surface area contributed by atoms with E-state index in [2.05, 4.69) is 15.2 Å². The summed E-state index contributed by atoms with van der Waals surface area (Å²) in [5.41, 5.74) is 0.971. The van der Waals surface area contributed by atoms with Crippen LogP contribution in [0.1, 0.15) is 20.3 Å². The number of ether oxygens (including phenoxy) is 2. The summed E-state index contributed by atoms with van der Waals surface area (Å²) in [7, 11) is 1.98. The van der Waals surface area contributed by atoms with E-state index in [1.807, 2.05) is 37.6 Å². The van der Waals surface area contributed by atoms with Crippen molar-refractivity contribution in [1.29, 1.82) is 0 Å². The molecule has 0 aromatic carbocycles. The lowest BCUT2D eigenvalue weighted by Gasteiger charge is -2.16. The Labute approximate surface area is 134 Å². The average Bonchev–Trinajstić information content (AvgIpc) is 3.03. The highest BCUT2D eigenvalue weighted by Gasteiger charge is 2.32. The van der Waals surface area contributed by atoms with Crippen LogP contribution in [0.3, 0.4) is 0 Å². The van der Waals surface area contributed by atoms with Crippen LogP contribution in [-0.4, -0.2) is 44.0 Å². The third kappa shape index (κ3) is 3.48. The van der Waals surface area contributed by atoms with Crippen LogP contribution in [0.4, 0.5) is 0 Å². The molecule has 3 heterocycles. The second-order valence-corrected chi connectivity index (χ2v) is 6.76. The predicted molar refractivity (Wildman–Crippen MR) is 84.5 cm³/mol. The highest BCUT2D eigenvalue weighted by molar-refractivity contribution is 7.99. The molecule has 0 aliphatic carbocycles. The Morgan fingerprint density at radius 1 is 1.41 bits per heavy atom. The molecule has 118 valence electrons. The van der Waals surface area contributed by atoms with E-state index in [9.17, 15) is 0 Å². The Balaban J connectivity index is 1.57. The maximum atomic E-state index is 5.80. The molecule has 1 fully saturated rings. The fourth-order valence-corrected chi connectivity index (χ4v) is 3.32. The standard InChI is InChI=1S/C15H20N4O2S/c1-15(2)20-10-12(21-15)6-8-22-14-18-17-13(19(14)3)11-5-4-7-16-9-11/h4-5,7,9,12H,6,8,10H2,1-3H3. The summed E-state index contributed by atoms with van der Waals surface area (Å²) in [6.45, 7) is 4.55. The molecule has 3 rings (SSSR count).